The molecule has 2 aliphatic heterocycles. The van der Waals surface area contributed by atoms with Crippen LogP contribution in [0.4, 0.5) is 0 Å². The molecule has 0 saturated carbocycles. The van der Waals surface area contributed by atoms with Crippen LogP contribution in [-0.2, 0) is 33.3 Å². The molecular formula is C51H60ClN3O10S. The van der Waals surface area contributed by atoms with Crippen LogP contribution in [0.25, 0.3) is 11.1 Å². The largest absolute Gasteiger partial charge is 0.492 e. The van der Waals surface area contributed by atoms with Crippen molar-refractivity contribution >= 4 is 58.1 Å². The van der Waals surface area contributed by atoms with Crippen LogP contribution < -0.4 is 10.1 Å². The zero-order valence-electron chi connectivity index (χ0n) is 37.6. The van der Waals surface area contributed by atoms with Gasteiger partial charge in [0.2, 0.25) is 11.8 Å². The number of amides is 4. The van der Waals surface area contributed by atoms with Gasteiger partial charge < -0.3 is 33.3 Å². The van der Waals surface area contributed by atoms with Crippen molar-refractivity contribution < 1.29 is 47.6 Å². The fourth-order valence-electron chi connectivity index (χ4n) is 7.65. The lowest BCUT2D eigenvalue weighted by molar-refractivity contribution is -0.136. The van der Waals surface area contributed by atoms with Crippen LogP contribution in [0.15, 0.2) is 108 Å². The summed E-state index contributed by atoms with van der Waals surface area (Å²) in [6.07, 6.45) is 1.86. The monoisotopic (exact) mass is 941 g/mol. The highest BCUT2D eigenvalue weighted by Crippen LogP contribution is 2.36. The molecule has 2 aliphatic rings. The van der Waals surface area contributed by atoms with Crippen LogP contribution in [0.1, 0.15) is 63.1 Å². The highest BCUT2D eigenvalue weighted by molar-refractivity contribution is 7.99. The number of hydrogen-bond acceptors (Lipinski definition) is 12. The Balaban J connectivity index is 0.735. The van der Waals surface area contributed by atoms with Crippen LogP contribution >= 0.6 is 23.4 Å². The van der Waals surface area contributed by atoms with Crippen molar-refractivity contribution in [1.29, 1.82) is 0 Å². The number of hydrogen-bond donors (Lipinski definition) is 1. The average Bonchev–Trinajstić information content (AvgIpc) is 3.59. The Kier molecular flexibility index (Phi) is 21.2. The van der Waals surface area contributed by atoms with E-state index in [1.165, 1.54) is 28.5 Å². The molecule has 0 aliphatic carbocycles. The van der Waals surface area contributed by atoms with Crippen LogP contribution in [0, 0.1) is 0 Å². The van der Waals surface area contributed by atoms with E-state index in [0.717, 1.165) is 47.7 Å². The first-order chi connectivity index (χ1) is 32.4. The molecule has 0 aromatic heterocycles. The summed E-state index contributed by atoms with van der Waals surface area (Å²) in [6, 6.07) is 33.4. The summed E-state index contributed by atoms with van der Waals surface area (Å²) in [7, 11) is 2.09. The molecule has 0 radical (unpaired) electrons. The standard InChI is InChI=1S/C51H60ClN3O10S/c1-54(25-27-65-41-18-16-40(17-19-41)47(39-12-6-3-7-13-39)42(22-23-52)38-10-4-2-5-11-38)24-9-26-60-28-29-61-30-31-62-32-33-63-34-35-64-36-37-66-45-15-8-14-43-48(45)51(59)55(50(43)58)44-20-21-46(56)53-49(44)57/h2-8,10-19,44H,9,20-37H2,1H3,(H,53,56,57)/b47-42-. The number of nitrogens with zero attached hydrogens (tertiary/aromatic N) is 2. The Morgan fingerprint density at radius 2 is 1.26 bits per heavy atom. The van der Waals surface area contributed by atoms with E-state index >= 15 is 0 Å². The second kappa shape index (κ2) is 27.7. The fraction of sp³-hybridized carbons (Fsp3) is 0.412. The zero-order valence-corrected chi connectivity index (χ0v) is 39.2. The molecule has 0 spiro atoms. The molecule has 4 aromatic rings. The van der Waals surface area contributed by atoms with Gasteiger partial charge in [-0.3, -0.25) is 29.4 Å². The van der Waals surface area contributed by atoms with Gasteiger partial charge in [0.05, 0.1) is 70.6 Å². The summed E-state index contributed by atoms with van der Waals surface area (Å²) in [6.45, 7) is 7.03. The molecule has 1 saturated heterocycles. The summed E-state index contributed by atoms with van der Waals surface area (Å²) in [5.74, 6) is -0.140. The summed E-state index contributed by atoms with van der Waals surface area (Å²) >= 11 is 7.72. The Morgan fingerprint density at radius 3 is 1.88 bits per heavy atom. The third-order valence-electron chi connectivity index (χ3n) is 10.9. The molecule has 1 fully saturated rings. The van der Waals surface area contributed by atoms with Gasteiger partial charge in [0, 0.05) is 42.6 Å². The van der Waals surface area contributed by atoms with E-state index in [4.69, 9.17) is 40.0 Å². The minimum absolute atomic E-state index is 0.0765. The number of carbonyl (C=O) groups is 4. The van der Waals surface area contributed by atoms with E-state index in [9.17, 15) is 19.2 Å². The molecular weight excluding hydrogens is 882 g/mol. The summed E-state index contributed by atoms with van der Waals surface area (Å²) in [5, 5.41) is 2.22. The molecule has 352 valence electrons. The highest BCUT2D eigenvalue weighted by Gasteiger charge is 2.45. The van der Waals surface area contributed by atoms with Crippen LogP contribution in [0.2, 0.25) is 0 Å². The summed E-state index contributed by atoms with van der Waals surface area (Å²) in [4.78, 5) is 54.1. The number of alkyl halides is 1. The molecule has 2 heterocycles. The number of allylic oxidation sites excluding steroid dienone is 1. The average molecular weight is 943 g/mol. The Bertz CT molecular complexity index is 2190. The van der Waals surface area contributed by atoms with Crippen molar-refractivity contribution in [3.05, 3.63) is 131 Å². The van der Waals surface area contributed by atoms with E-state index < -0.39 is 29.7 Å². The minimum atomic E-state index is -0.993. The SMILES string of the molecule is CN(CCCOCCOCCOCCOCCOCCSc1cccc2c1C(=O)N(C1CCC(=O)NC1=O)C2=O)CCOc1ccc(/C(=C(/CCCl)c2ccccc2)c2ccccc2)cc1. The first kappa shape index (κ1) is 50.5. The molecule has 0 bridgehead atoms. The Hall–Kier alpha value is -4.90. The highest BCUT2D eigenvalue weighted by atomic mass is 35.5. The maximum atomic E-state index is 13.2. The van der Waals surface area contributed by atoms with Gasteiger partial charge in [0.1, 0.15) is 18.4 Å². The predicted octanol–water partition coefficient (Wildman–Crippen LogP) is 7.25. The van der Waals surface area contributed by atoms with Gasteiger partial charge in [-0.25, -0.2) is 0 Å². The summed E-state index contributed by atoms with van der Waals surface area (Å²) < 4.78 is 34.3. The molecule has 1 atom stereocenters. The molecule has 4 aromatic carbocycles. The van der Waals surface area contributed by atoms with Crippen LogP contribution in [0.5, 0.6) is 5.75 Å². The number of benzene rings is 4. The van der Waals surface area contributed by atoms with Gasteiger partial charge in [-0.15, -0.1) is 23.4 Å². The molecule has 1 unspecified atom stereocenters. The van der Waals surface area contributed by atoms with Gasteiger partial charge in [-0.1, -0.05) is 78.9 Å². The van der Waals surface area contributed by atoms with Gasteiger partial charge >= 0.3 is 0 Å². The number of ether oxygens (including phenoxy) is 6. The van der Waals surface area contributed by atoms with Crippen molar-refractivity contribution in [3.63, 3.8) is 0 Å². The predicted molar refractivity (Wildman–Crippen MR) is 256 cm³/mol. The van der Waals surface area contributed by atoms with Gasteiger partial charge in [-0.05, 0) is 78.4 Å². The number of rotatable bonds is 30. The van der Waals surface area contributed by atoms with Gasteiger partial charge in [-0.2, -0.15) is 0 Å². The fourth-order valence-corrected chi connectivity index (χ4v) is 8.78. The quantitative estimate of drug-likeness (QED) is 0.0185. The molecule has 4 amide bonds. The third-order valence-corrected chi connectivity index (χ3v) is 12.2. The second-order valence-corrected chi connectivity index (χ2v) is 17.1. The maximum Gasteiger partial charge on any atom is 0.263 e. The van der Waals surface area contributed by atoms with Crippen LogP contribution in [0.3, 0.4) is 0 Å². The number of thioether (sulfide) groups is 1. The summed E-state index contributed by atoms with van der Waals surface area (Å²) in [5.41, 5.74) is 6.41. The van der Waals surface area contributed by atoms with Gasteiger partial charge in [0.25, 0.3) is 11.8 Å². The van der Waals surface area contributed by atoms with Crippen molar-refractivity contribution in [1.82, 2.24) is 15.1 Å². The van der Waals surface area contributed by atoms with Gasteiger partial charge in [0.15, 0.2) is 0 Å². The number of imide groups is 2. The number of halogens is 1. The Morgan fingerprint density at radius 1 is 0.667 bits per heavy atom. The smallest absolute Gasteiger partial charge is 0.263 e. The van der Waals surface area contributed by atoms with Crippen LogP contribution in [-0.4, -0.2) is 144 Å². The minimum Gasteiger partial charge on any atom is -0.492 e. The van der Waals surface area contributed by atoms with E-state index in [1.807, 2.05) is 24.3 Å². The number of carbonyl (C=O) groups excluding carboxylic acids is 4. The normalized spacial score (nSPS) is 15.3. The number of likely N-dealkylation sites (N-methyl/N-ethyl adjacent to an activating group) is 1. The van der Waals surface area contributed by atoms with E-state index in [0.29, 0.717) is 89.2 Å². The van der Waals surface area contributed by atoms with Crippen molar-refractivity contribution in [3.8, 4) is 5.75 Å². The second-order valence-electron chi connectivity index (χ2n) is 15.6. The lowest BCUT2D eigenvalue weighted by atomic mass is 9.88. The van der Waals surface area contributed by atoms with E-state index in [2.05, 4.69) is 77.9 Å². The number of fused-ring (bicyclic) bond motifs is 1. The number of piperidine rings is 1. The molecule has 15 heteroatoms. The number of nitrogens with one attached hydrogen (secondary N) is 1. The lowest BCUT2D eigenvalue weighted by Gasteiger charge is -2.27. The molecule has 6 rings (SSSR count). The van der Waals surface area contributed by atoms with Crippen molar-refractivity contribution in [2.75, 3.05) is 104 Å². The lowest BCUT2D eigenvalue weighted by Crippen LogP contribution is -2.54. The van der Waals surface area contributed by atoms with E-state index in [1.54, 1.807) is 18.2 Å². The first-order valence-corrected chi connectivity index (χ1v) is 24.1. The molecule has 13 nitrogen and oxygen atoms in total. The topological polar surface area (TPSA) is 142 Å². The first-order valence-electron chi connectivity index (χ1n) is 22.5. The zero-order chi connectivity index (χ0) is 46.4. The molecule has 1 N–H and O–H groups in total. The maximum absolute atomic E-state index is 13.2. The van der Waals surface area contributed by atoms with Crippen molar-refractivity contribution in [2.45, 2.75) is 36.6 Å². The molecule has 66 heavy (non-hydrogen) atoms. The third kappa shape index (κ3) is 15.1. The Labute approximate surface area is 397 Å². The van der Waals surface area contributed by atoms with Crippen molar-refractivity contribution in [2.24, 2.45) is 0 Å². The van der Waals surface area contributed by atoms with E-state index in [-0.39, 0.29) is 24.0 Å².